The van der Waals surface area contributed by atoms with Gasteiger partial charge in [0.05, 0.1) is 0 Å². The topological polar surface area (TPSA) is 13.1 Å². The summed E-state index contributed by atoms with van der Waals surface area (Å²) in [6.07, 6.45) is 7.03. The second-order valence-corrected chi connectivity index (χ2v) is 9.19. The lowest BCUT2D eigenvalue weighted by Crippen LogP contribution is -2.10. The van der Waals surface area contributed by atoms with Gasteiger partial charge in [-0.2, -0.15) is 0 Å². The molecule has 0 N–H and O–H groups in total. The Morgan fingerprint density at radius 2 is 1.48 bits per heavy atom. The number of benzene rings is 2. The van der Waals surface area contributed by atoms with Crippen LogP contribution in [0, 0.1) is 5.41 Å². The molecule has 27 heavy (non-hydrogen) atoms. The summed E-state index contributed by atoms with van der Waals surface area (Å²) in [7, 11) is 0. The van der Waals surface area contributed by atoms with E-state index in [4.69, 9.17) is 4.42 Å². The molecule has 2 aromatic carbocycles. The van der Waals surface area contributed by atoms with Crippen LogP contribution in [0.3, 0.4) is 0 Å². The molecule has 1 heteroatoms. The Labute approximate surface area is 164 Å². The lowest BCUT2D eigenvalue weighted by molar-refractivity contribution is 0.543. The molecule has 0 saturated heterocycles. The molecule has 0 fully saturated rings. The van der Waals surface area contributed by atoms with Crippen LogP contribution in [0.15, 0.2) is 65.6 Å². The Morgan fingerprint density at radius 3 is 1.96 bits per heavy atom. The highest BCUT2D eigenvalue weighted by Gasteiger charge is 2.20. The van der Waals surface area contributed by atoms with Crippen LogP contribution in [0.25, 0.3) is 21.9 Å². The van der Waals surface area contributed by atoms with Crippen molar-refractivity contribution in [1.29, 1.82) is 0 Å². The molecule has 0 aliphatic heterocycles. The van der Waals surface area contributed by atoms with Gasteiger partial charge in [-0.05, 0) is 29.7 Å². The third kappa shape index (κ3) is 5.13. The summed E-state index contributed by atoms with van der Waals surface area (Å²) in [6.45, 7) is 19.1. The molecule has 1 nitrogen and oxygen atoms in total. The van der Waals surface area contributed by atoms with E-state index >= 15 is 0 Å². The van der Waals surface area contributed by atoms with Crippen LogP contribution in [0.4, 0.5) is 0 Å². The average molecular weight is 363 g/mol. The maximum absolute atomic E-state index is 6.25. The number of furan rings is 1. The molecular formula is C26H34O. The van der Waals surface area contributed by atoms with Crippen molar-refractivity contribution in [3.8, 4) is 0 Å². The SMILES string of the molecule is C/C=C/C(C)(C)C.C=CCc1cccc2c1oc1c(C(C)(C)C)cccc12. The molecule has 3 rings (SSSR count). The second-order valence-electron chi connectivity index (χ2n) is 9.19. The fourth-order valence-electron chi connectivity index (χ4n) is 3.29. The smallest absolute Gasteiger partial charge is 0.139 e. The lowest BCUT2D eigenvalue weighted by Gasteiger charge is -2.18. The molecule has 0 atom stereocenters. The van der Waals surface area contributed by atoms with E-state index in [-0.39, 0.29) is 5.41 Å². The van der Waals surface area contributed by atoms with Crippen LogP contribution in [0.2, 0.25) is 0 Å². The van der Waals surface area contributed by atoms with Crippen LogP contribution in [0.5, 0.6) is 0 Å². The third-order valence-electron chi connectivity index (χ3n) is 4.44. The first-order valence-corrected chi connectivity index (χ1v) is 9.77. The average Bonchev–Trinajstić information content (AvgIpc) is 2.93. The first-order valence-electron chi connectivity index (χ1n) is 9.77. The van der Waals surface area contributed by atoms with Gasteiger partial charge in [-0.15, -0.1) is 6.58 Å². The number of hydrogen-bond acceptors (Lipinski definition) is 1. The summed E-state index contributed by atoms with van der Waals surface area (Å²) in [4.78, 5) is 0. The van der Waals surface area contributed by atoms with Gasteiger partial charge in [-0.1, -0.05) is 96.2 Å². The molecule has 0 radical (unpaired) electrons. The van der Waals surface area contributed by atoms with Gasteiger partial charge >= 0.3 is 0 Å². The number of fused-ring (bicyclic) bond motifs is 3. The summed E-state index contributed by atoms with van der Waals surface area (Å²) in [5, 5.41) is 2.41. The summed E-state index contributed by atoms with van der Waals surface area (Å²) in [5.41, 5.74) is 4.93. The summed E-state index contributed by atoms with van der Waals surface area (Å²) in [5.74, 6) is 0. The second kappa shape index (κ2) is 8.17. The zero-order chi connectivity index (χ0) is 20.2. The minimum Gasteiger partial charge on any atom is -0.455 e. The van der Waals surface area contributed by atoms with E-state index in [0.717, 1.165) is 17.6 Å². The first-order chi connectivity index (χ1) is 12.6. The molecule has 0 spiro atoms. The van der Waals surface area contributed by atoms with Crippen molar-refractivity contribution in [2.45, 2.75) is 60.3 Å². The number of hydrogen-bond donors (Lipinski definition) is 0. The van der Waals surface area contributed by atoms with Crippen molar-refractivity contribution in [2.24, 2.45) is 5.41 Å². The van der Waals surface area contributed by atoms with Crippen molar-refractivity contribution < 1.29 is 4.42 Å². The van der Waals surface area contributed by atoms with Gasteiger partial charge in [0.15, 0.2) is 0 Å². The molecule has 3 aromatic rings. The molecule has 0 aliphatic carbocycles. The Morgan fingerprint density at radius 1 is 0.889 bits per heavy atom. The number of allylic oxidation sites excluding steroid dienone is 3. The molecule has 144 valence electrons. The molecule has 0 amide bonds. The van der Waals surface area contributed by atoms with E-state index in [0.29, 0.717) is 5.41 Å². The lowest BCUT2D eigenvalue weighted by atomic mass is 9.86. The molecule has 0 aliphatic rings. The Bertz CT molecular complexity index is 940. The molecule has 1 heterocycles. The Kier molecular flexibility index (Phi) is 6.36. The van der Waals surface area contributed by atoms with Gasteiger partial charge in [0.2, 0.25) is 0 Å². The highest BCUT2D eigenvalue weighted by Crippen LogP contribution is 2.37. The predicted molar refractivity (Wildman–Crippen MR) is 121 cm³/mol. The quantitative estimate of drug-likeness (QED) is 0.418. The van der Waals surface area contributed by atoms with Crippen molar-refractivity contribution in [3.05, 3.63) is 72.3 Å². The third-order valence-corrected chi connectivity index (χ3v) is 4.44. The van der Waals surface area contributed by atoms with Gasteiger partial charge in [0.1, 0.15) is 11.2 Å². The molecule has 0 saturated carbocycles. The summed E-state index contributed by atoms with van der Waals surface area (Å²) < 4.78 is 6.25. The van der Waals surface area contributed by atoms with E-state index in [1.165, 1.54) is 21.9 Å². The van der Waals surface area contributed by atoms with Gasteiger partial charge in [-0.25, -0.2) is 0 Å². The van der Waals surface area contributed by atoms with E-state index in [1.54, 1.807) is 0 Å². The largest absolute Gasteiger partial charge is 0.455 e. The maximum Gasteiger partial charge on any atom is 0.139 e. The first kappa shape index (κ1) is 21.0. The predicted octanol–water partition coefficient (Wildman–Crippen LogP) is 8.22. The zero-order valence-corrected chi connectivity index (χ0v) is 18.0. The molecular weight excluding hydrogens is 328 g/mol. The van der Waals surface area contributed by atoms with Crippen LogP contribution in [0.1, 0.15) is 59.6 Å². The Balaban J connectivity index is 0.000000321. The maximum atomic E-state index is 6.25. The van der Waals surface area contributed by atoms with Gasteiger partial charge in [0.25, 0.3) is 0 Å². The summed E-state index contributed by atoms with van der Waals surface area (Å²) >= 11 is 0. The van der Waals surface area contributed by atoms with Crippen molar-refractivity contribution in [3.63, 3.8) is 0 Å². The Hall–Kier alpha value is -2.28. The standard InChI is InChI=1S/C19H20O.C7H14/c1-5-8-13-9-6-10-14-15-11-7-12-16(19(2,3)4)18(15)20-17(13)14;1-5-6-7(2,3)4/h5-7,9-12H,1,8H2,2-4H3;5-6H,1-4H3/b;6-5+. The van der Waals surface area contributed by atoms with Crippen molar-refractivity contribution in [1.82, 2.24) is 0 Å². The van der Waals surface area contributed by atoms with Gasteiger partial charge < -0.3 is 4.42 Å². The van der Waals surface area contributed by atoms with Gasteiger partial charge in [-0.3, -0.25) is 0 Å². The van der Waals surface area contributed by atoms with E-state index in [2.05, 4.69) is 96.7 Å². The molecule has 1 aromatic heterocycles. The fourth-order valence-corrected chi connectivity index (χ4v) is 3.29. The van der Waals surface area contributed by atoms with Crippen LogP contribution in [-0.4, -0.2) is 0 Å². The minimum atomic E-state index is 0.0754. The van der Waals surface area contributed by atoms with E-state index in [9.17, 15) is 0 Å². The summed E-state index contributed by atoms with van der Waals surface area (Å²) in [6, 6.07) is 12.8. The van der Waals surface area contributed by atoms with Crippen LogP contribution in [-0.2, 0) is 11.8 Å². The van der Waals surface area contributed by atoms with E-state index < -0.39 is 0 Å². The minimum absolute atomic E-state index is 0.0754. The fraction of sp³-hybridized carbons (Fsp3) is 0.385. The van der Waals surface area contributed by atoms with Crippen molar-refractivity contribution >= 4 is 21.9 Å². The normalized spacial score (nSPS) is 12.4. The van der Waals surface area contributed by atoms with Crippen LogP contribution < -0.4 is 0 Å². The van der Waals surface area contributed by atoms with E-state index in [1.807, 2.05) is 13.0 Å². The van der Waals surface area contributed by atoms with Crippen molar-refractivity contribution in [2.75, 3.05) is 0 Å². The highest BCUT2D eigenvalue weighted by atomic mass is 16.3. The monoisotopic (exact) mass is 362 g/mol. The van der Waals surface area contributed by atoms with Gasteiger partial charge in [0, 0.05) is 16.3 Å². The number of para-hydroxylation sites is 2. The number of rotatable bonds is 2. The zero-order valence-electron chi connectivity index (χ0n) is 18.0. The highest BCUT2D eigenvalue weighted by molar-refractivity contribution is 6.07. The molecule has 0 unspecified atom stereocenters. The van der Waals surface area contributed by atoms with Crippen LogP contribution >= 0.6 is 0 Å². The molecule has 0 bridgehead atoms.